The Morgan fingerprint density at radius 3 is 2.07 bits per heavy atom. The van der Waals surface area contributed by atoms with Gasteiger partial charge in [-0.3, -0.25) is 9.36 Å². The molecule has 10 nitrogen and oxygen atoms in total. The molecule has 5 N–H and O–H groups in total. The summed E-state index contributed by atoms with van der Waals surface area (Å²) in [5.41, 5.74) is -1.38. The Hall–Kier alpha value is -3.70. The van der Waals surface area contributed by atoms with E-state index in [4.69, 9.17) is 23.2 Å². The largest absolute Gasteiger partial charge is 0.508 e. The summed E-state index contributed by atoms with van der Waals surface area (Å²) < 4.78 is 37.3. The Morgan fingerprint density at radius 2 is 1.48 bits per heavy atom. The highest BCUT2D eigenvalue weighted by Crippen LogP contribution is 2.44. The molecule has 0 aromatic heterocycles. The molecular weight excluding hydrogens is 676 g/mol. The minimum Gasteiger partial charge on any atom is -0.508 e. The number of phenolic OH excluding ortho intramolecular Hbond substituents is 1. The summed E-state index contributed by atoms with van der Waals surface area (Å²) in [7, 11) is -7.77. The summed E-state index contributed by atoms with van der Waals surface area (Å²) >= 11 is 12.9. The smallest absolute Gasteiger partial charge is 0.330 e. The quantitative estimate of drug-likeness (QED) is 0.130. The van der Waals surface area contributed by atoms with Crippen LogP contribution in [0.5, 0.6) is 5.75 Å². The molecule has 0 saturated carbocycles. The third kappa shape index (κ3) is 8.36. The summed E-state index contributed by atoms with van der Waals surface area (Å²) in [5, 5.41) is 33.0. The number of phenols is 1. The van der Waals surface area contributed by atoms with E-state index in [1.807, 2.05) is 0 Å². The van der Waals surface area contributed by atoms with Crippen molar-refractivity contribution in [3.05, 3.63) is 123 Å². The van der Waals surface area contributed by atoms with Crippen molar-refractivity contribution < 1.29 is 42.8 Å². The first-order chi connectivity index (χ1) is 21.5. The lowest BCUT2D eigenvalue weighted by Gasteiger charge is -2.31. The van der Waals surface area contributed by atoms with Gasteiger partial charge in [-0.25, -0.2) is 13.2 Å². The van der Waals surface area contributed by atoms with Crippen LogP contribution in [0.1, 0.15) is 33.2 Å². The van der Waals surface area contributed by atoms with Crippen LogP contribution in [0.3, 0.4) is 0 Å². The van der Waals surface area contributed by atoms with E-state index < -0.39 is 46.9 Å². The number of amides is 1. The van der Waals surface area contributed by atoms with Gasteiger partial charge in [-0.1, -0.05) is 71.7 Å². The average Bonchev–Trinajstić information content (AvgIpc) is 2.96. The lowest BCUT2D eigenvalue weighted by molar-refractivity contribution is -0.144. The second-order valence-corrected chi connectivity index (χ2v) is 16.0. The maximum atomic E-state index is 13.7. The minimum absolute atomic E-state index is 0.0207. The summed E-state index contributed by atoms with van der Waals surface area (Å²) in [6.45, 7) is 0. The van der Waals surface area contributed by atoms with E-state index in [1.54, 1.807) is 36.4 Å². The van der Waals surface area contributed by atoms with Gasteiger partial charge in [0, 0.05) is 24.4 Å². The number of hydrogen-bond donors (Lipinski definition) is 5. The number of halogens is 2. The average molecular weight is 707 g/mol. The third-order valence-electron chi connectivity index (χ3n) is 7.27. The van der Waals surface area contributed by atoms with Gasteiger partial charge in [0.15, 0.2) is 9.84 Å². The van der Waals surface area contributed by atoms with Crippen molar-refractivity contribution in [3.63, 3.8) is 0 Å². The Kier molecular flexibility index (Phi) is 10.7. The van der Waals surface area contributed by atoms with Crippen molar-refractivity contribution in [2.45, 2.75) is 29.4 Å². The fraction of sp³-hybridized carbons (Fsp3) is 0.188. The molecule has 0 saturated heterocycles. The molecule has 0 spiro atoms. The molecule has 46 heavy (non-hydrogen) atoms. The number of carboxylic acids is 1. The first-order valence-electron chi connectivity index (χ1n) is 13.7. The zero-order valence-electron chi connectivity index (χ0n) is 24.3. The van der Waals surface area contributed by atoms with Crippen molar-refractivity contribution >= 4 is 57.6 Å². The molecule has 0 bridgehead atoms. The molecule has 0 aliphatic carbocycles. The van der Waals surface area contributed by atoms with Crippen molar-refractivity contribution in [3.8, 4) is 5.75 Å². The molecule has 2 unspecified atom stereocenters. The molecule has 3 atom stereocenters. The van der Waals surface area contributed by atoms with Gasteiger partial charge in [0.2, 0.25) is 7.37 Å². The third-order valence-corrected chi connectivity index (χ3v) is 10.9. The molecule has 0 aliphatic heterocycles. The number of sulfone groups is 1. The molecule has 1 amide bonds. The maximum absolute atomic E-state index is 13.7. The summed E-state index contributed by atoms with van der Waals surface area (Å²) in [6.07, 6.45) is -1.67. The van der Waals surface area contributed by atoms with Gasteiger partial charge in [-0.2, -0.15) is 0 Å². The molecule has 0 heterocycles. The zero-order valence-corrected chi connectivity index (χ0v) is 27.5. The monoisotopic (exact) mass is 705 g/mol. The Labute approximate surface area is 275 Å². The van der Waals surface area contributed by atoms with Crippen molar-refractivity contribution in [1.82, 2.24) is 5.32 Å². The first-order valence-corrected chi connectivity index (χ1v) is 18.2. The Bertz CT molecular complexity index is 1920. The molecule has 14 heteroatoms. The van der Waals surface area contributed by atoms with Gasteiger partial charge in [0.1, 0.15) is 11.3 Å². The highest BCUT2D eigenvalue weighted by Gasteiger charge is 2.41. The van der Waals surface area contributed by atoms with Crippen LogP contribution in [0.4, 0.5) is 0 Å². The number of rotatable bonds is 12. The van der Waals surface area contributed by atoms with E-state index in [-0.39, 0.29) is 50.0 Å². The van der Waals surface area contributed by atoms with Crippen LogP contribution in [0.15, 0.2) is 95.9 Å². The minimum atomic E-state index is -4.15. The van der Waals surface area contributed by atoms with Crippen LogP contribution in [0, 0.1) is 0 Å². The van der Waals surface area contributed by atoms with Crippen LogP contribution < -0.4 is 10.6 Å². The van der Waals surface area contributed by atoms with Gasteiger partial charge in [-0.05, 0) is 59.2 Å². The van der Waals surface area contributed by atoms with Crippen molar-refractivity contribution in [1.29, 1.82) is 0 Å². The molecule has 0 radical (unpaired) electrons. The predicted molar refractivity (Wildman–Crippen MR) is 175 cm³/mol. The lowest BCUT2D eigenvalue weighted by Crippen LogP contribution is -2.57. The highest BCUT2D eigenvalue weighted by molar-refractivity contribution is 7.90. The van der Waals surface area contributed by atoms with Crippen LogP contribution in [-0.4, -0.2) is 58.5 Å². The SMILES string of the molecule is CS(=O)(=O)c1cccc(C[C@](Cc2ccccc2)(NC(=O)c2c(Cl)cc(C(O)CP(=O)(O)c3cccc(O)c3)cc2Cl)C(=O)O)c1. The van der Waals surface area contributed by atoms with E-state index >= 15 is 0 Å². The Morgan fingerprint density at radius 1 is 0.891 bits per heavy atom. The molecule has 0 fully saturated rings. The number of carbonyl (C=O) groups excluding carboxylic acids is 1. The molecule has 4 aromatic carbocycles. The standard InChI is InChI=1S/C32H30Cl2NO9PS/c1-46(43,44)25-12-5-9-21(13-25)18-32(31(39)40,17-20-7-3-2-4-8-20)35-30(38)29-26(33)14-22(15-27(29)34)28(37)19-45(41,42)24-11-6-10-23(36)16-24/h2-16,28,36-37H,17-19H2,1H3,(H,35,38)(H,39,40)(H,41,42)/t28?,32-/m0/s1. The number of aromatic hydroxyl groups is 1. The fourth-order valence-electron chi connectivity index (χ4n) is 4.97. The topological polar surface area (TPSA) is 178 Å². The van der Waals surface area contributed by atoms with Gasteiger partial charge in [-0.15, -0.1) is 0 Å². The van der Waals surface area contributed by atoms with E-state index in [9.17, 15) is 42.8 Å². The summed E-state index contributed by atoms with van der Waals surface area (Å²) in [6, 6.07) is 21.8. The number of aliphatic hydroxyl groups excluding tert-OH is 1. The Balaban J connectivity index is 1.68. The lowest BCUT2D eigenvalue weighted by atomic mass is 9.84. The maximum Gasteiger partial charge on any atom is 0.330 e. The van der Waals surface area contributed by atoms with Crippen LogP contribution in [-0.2, 0) is 32.0 Å². The predicted octanol–water partition coefficient (Wildman–Crippen LogP) is 4.77. The molecule has 4 aromatic rings. The van der Waals surface area contributed by atoms with E-state index in [2.05, 4.69) is 5.32 Å². The second kappa shape index (κ2) is 14.0. The molecular formula is C32H30Cl2NO9PS. The van der Waals surface area contributed by atoms with Crippen LogP contribution in [0.25, 0.3) is 0 Å². The number of aliphatic hydroxyl groups is 1. The summed E-state index contributed by atoms with van der Waals surface area (Å²) in [5.74, 6) is -2.59. The number of benzene rings is 4. The normalized spacial score (nSPS) is 14.9. The van der Waals surface area contributed by atoms with E-state index in [0.717, 1.165) is 12.3 Å². The first kappa shape index (κ1) is 35.2. The number of hydrogen-bond acceptors (Lipinski definition) is 7. The van der Waals surface area contributed by atoms with Crippen LogP contribution >= 0.6 is 30.6 Å². The van der Waals surface area contributed by atoms with E-state index in [1.165, 1.54) is 48.5 Å². The zero-order chi connectivity index (χ0) is 33.9. The van der Waals surface area contributed by atoms with Gasteiger partial charge in [0.25, 0.3) is 5.91 Å². The summed E-state index contributed by atoms with van der Waals surface area (Å²) in [4.78, 5) is 37.2. The van der Waals surface area contributed by atoms with Crippen molar-refractivity contribution in [2.75, 3.05) is 12.4 Å². The van der Waals surface area contributed by atoms with Crippen molar-refractivity contribution in [2.24, 2.45) is 0 Å². The number of carboxylic acid groups (broad SMARTS) is 1. The number of nitrogens with one attached hydrogen (secondary N) is 1. The molecule has 242 valence electrons. The van der Waals surface area contributed by atoms with Gasteiger partial charge < -0.3 is 25.5 Å². The molecule has 0 aliphatic rings. The molecule has 4 rings (SSSR count). The highest BCUT2D eigenvalue weighted by atomic mass is 35.5. The van der Waals surface area contributed by atoms with Gasteiger partial charge >= 0.3 is 5.97 Å². The van der Waals surface area contributed by atoms with E-state index in [0.29, 0.717) is 11.1 Å². The fourth-order valence-corrected chi connectivity index (χ4v) is 7.88. The number of carbonyl (C=O) groups is 2. The van der Waals surface area contributed by atoms with Gasteiger partial charge in [0.05, 0.1) is 32.8 Å². The second-order valence-electron chi connectivity index (χ2n) is 10.9. The number of aliphatic carboxylic acids is 1. The van der Waals surface area contributed by atoms with Crippen LogP contribution in [0.2, 0.25) is 10.0 Å².